The van der Waals surface area contributed by atoms with Crippen molar-refractivity contribution in [3.05, 3.63) is 74.9 Å². The molecule has 1 saturated heterocycles. The zero-order valence-electron chi connectivity index (χ0n) is 16.9. The lowest BCUT2D eigenvalue weighted by Crippen LogP contribution is -2.36. The summed E-state index contributed by atoms with van der Waals surface area (Å²) in [6, 6.07) is 14.0. The van der Waals surface area contributed by atoms with Gasteiger partial charge in [0.25, 0.3) is 5.56 Å². The van der Waals surface area contributed by atoms with Gasteiger partial charge >= 0.3 is 5.69 Å². The molecule has 31 heavy (non-hydrogen) atoms. The maximum atomic E-state index is 12.3. The van der Waals surface area contributed by atoms with E-state index in [0.717, 1.165) is 23.3 Å². The number of rotatable bonds is 5. The van der Waals surface area contributed by atoms with Crippen molar-refractivity contribution in [1.29, 1.82) is 0 Å². The number of hydrogen-bond donors (Lipinski definition) is 2. The molecule has 0 saturated carbocycles. The van der Waals surface area contributed by atoms with E-state index in [1.165, 1.54) is 13.3 Å². The van der Waals surface area contributed by atoms with Crippen LogP contribution in [0.25, 0.3) is 5.69 Å². The van der Waals surface area contributed by atoms with Crippen molar-refractivity contribution < 1.29 is 14.6 Å². The standard InChI is InChI=1S/C22H22N4O5/c1-30-18-8-6-17(7-9-18)26-21(28)19(20(27)24-22(26)29)14-23-15-2-4-16(5-3-15)25-10-12-31-13-11-25/h2-9,14,28H,10-13H2,1H3,(H,24,27,29). The number of aromatic nitrogens is 2. The van der Waals surface area contributed by atoms with Crippen molar-refractivity contribution in [2.45, 2.75) is 0 Å². The Labute approximate surface area is 177 Å². The molecular weight excluding hydrogens is 400 g/mol. The van der Waals surface area contributed by atoms with E-state index in [4.69, 9.17) is 9.47 Å². The number of nitrogens with one attached hydrogen (secondary N) is 1. The van der Waals surface area contributed by atoms with E-state index in [9.17, 15) is 14.7 Å². The zero-order chi connectivity index (χ0) is 21.8. The summed E-state index contributed by atoms with van der Waals surface area (Å²) in [6.07, 6.45) is 1.25. The lowest BCUT2D eigenvalue weighted by molar-refractivity contribution is 0.122. The highest BCUT2D eigenvalue weighted by Gasteiger charge is 2.15. The molecule has 9 nitrogen and oxygen atoms in total. The molecule has 0 radical (unpaired) electrons. The van der Waals surface area contributed by atoms with Crippen LogP contribution in [0.4, 0.5) is 11.4 Å². The van der Waals surface area contributed by atoms with E-state index in [2.05, 4.69) is 14.9 Å². The van der Waals surface area contributed by atoms with Crippen LogP contribution in [0.3, 0.4) is 0 Å². The Morgan fingerprint density at radius 2 is 1.68 bits per heavy atom. The van der Waals surface area contributed by atoms with Gasteiger partial charge < -0.3 is 19.5 Å². The highest BCUT2D eigenvalue weighted by Crippen LogP contribution is 2.22. The summed E-state index contributed by atoms with van der Waals surface area (Å²) in [5, 5.41) is 10.6. The van der Waals surface area contributed by atoms with E-state index >= 15 is 0 Å². The first-order chi connectivity index (χ1) is 15.1. The summed E-state index contributed by atoms with van der Waals surface area (Å²) < 4.78 is 11.5. The van der Waals surface area contributed by atoms with Crippen molar-refractivity contribution in [2.24, 2.45) is 4.99 Å². The average molecular weight is 422 g/mol. The Kier molecular flexibility index (Phi) is 5.85. The fourth-order valence-electron chi connectivity index (χ4n) is 3.34. The number of aromatic amines is 1. The molecule has 2 aromatic carbocycles. The number of hydrogen-bond acceptors (Lipinski definition) is 7. The summed E-state index contributed by atoms with van der Waals surface area (Å²) in [5.41, 5.74) is 0.464. The molecule has 160 valence electrons. The minimum Gasteiger partial charge on any atom is -0.497 e. The van der Waals surface area contributed by atoms with Crippen molar-refractivity contribution in [3.8, 4) is 17.3 Å². The van der Waals surface area contributed by atoms with Crippen LogP contribution in [-0.2, 0) is 4.74 Å². The van der Waals surface area contributed by atoms with Gasteiger partial charge in [0.2, 0.25) is 5.88 Å². The molecule has 0 aliphatic carbocycles. The molecule has 0 atom stereocenters. The fraction of sp³-hybridized carbons (Fsp3) is 0.227. The lowest BCUT2D eigenvalue weighted by Gasteiger charge is -2.28. The second-order valence-electron chi connectivity index (χ2n) is 6.90. The van der Waals surface area contributed by atoms with Crippen LogP contribution >= 0.6 is 0 Å². The largest absolute Gasteiger partial charge is 0.497 e. The van der Waals surface area contributed by atoms with Crippen molar-refractivity contribution in [3.63, 3.8) is 0 Å². The van der Waals surface area contributed by atoms with Crippen molar-refractivity contribution in [1.82, 2.24) is 9.55 Å². The Morgan fingerprint density at radius 1 is 1.03 bits per heavy atom. The lowest BCUT2D eigenvalue weighted by atomic mass is 10.2. The molecule has 3 aromatic rings. The maximum Gasteiger partial charge on any atom is 0.335 e. The van der Waals surface area contributed by atoms with Gasteiger partial charge in [0.15, 0.2) is 0 Å². The third kappa shape index (κ3) is 4.36. The normalized spacial score (nSPS) is 14.2. The molecule has 0 spiro atoms. The van der Waals surface area contributed by atoms with Gasteiger partial charge in [0.05, 0.1) is 31.7 Å². The smallest absolute Gasteiger partial charge is 0.335 e. The third-order valence-electron chi connectivity index (χ3n) is 5.02. The SMILES string of the molecule is COc1ccc(-n2c(O)c(C=Nc3ccc(N4CCOCC4)cc3)c(=O)[nH]c2=O)cc1. The average Bonchev–Trinajstić information content (AvgIpc) is 2.80. The summed E-state index contributed by atoms with van der Waals surface area (Å²) in [7, 11) is 1.53. The first-order valence-corrected chi connectivity index (χ1v) is 9.76. The van der Waals surface area contributed by atoms with Gasteiger partial charge in [-0.25, -0.2) is 9.36 Å². The number of H-pyrrole nitrogens is 1. The van der Waals surface area contributed by atoms with E-state index in [1.54, 1.807) is 24.3 Å². The van der Waals surface area contributed by atoms with Gasteiger partial charge in [0, 0.05) is 25.0 Å². The molecular formula is C22H22N4O5. The van der Waals surface area contributed by atoms with Crippen LogP contribution in [0.1, 0.15) is 5.56 Å². The summed E-state index contributed by atoms with van der Waals surface area (Å²) >= 11 is 0. The third-order valence-corrected chi connectivity index (χ3v) is 5.02. The molecule has 1 fully saturated rings. The quantitative estimate of drug-likeness (QED) is 0.607. The number of aliphatic imine (C=N–C) groups is 1. The molecule has 0 amide bonds. The Bertz CT molecular complexity index is 1190. The summed E-state index contributed by atoms with van der Waals surface area (Å²) in [5.74, 6) is 0.107. The first-order valence-electron chi connectivity index (χ1n) is 9.76. The number of morpholine rings is 1. The van der Waals surface area contributed by atoms with Gasteiger partial charge in [-0.15, -0.1) is 0 Å². The summed E-state index contributed by atoms with van der Waals surface area (Å²) in [6.45, 7) is 3.06. The minimum atomic E-state index is -0.750. The van der Waals surface area contributed by atoms with Gasteiger partial charge in [0.1, 0.15) is 11.3 Å². The Balaban J connectivity index is 1.62. The van der Waals surface area contributed by atoms with E-state index < -0.39 is 17.1 Å². The monoisotopic (exact) mass is 422 g/mol. The number of anilines is 1. The van der Waals surface area contributed by atoms with Crippen LogP contribution in [0.5, 0.6) is 11.6 Å². The molecule has 1 aliphatic rings. The maximum absolute atomic E-state index is 12.3. The number of ether oxygens (including phenoxy) is 2. The Hall–Kier alpha value is -3.85. The number of aromatic hydroxyl groups is 1. The van der Waals surface area contributed by atoms with Gasteiger partial charge in [-0.2, -0.15) is 0 Å². The van der Waals surface area contributed by atoms with Crippen molar-refractivity contribution >= 4 is 17.6 Å². The highest BCUT2D eigenvalue weighted by atomic mass is 16.5. The van der Waals surface area contributed by atoms with Gasteiger partial charge in [-0.05, 0) is 48.5 Å². The minimum absolute atomic E-state index is 0.118. The molecule has 2 N–H and O–H groups in total. The molecule has 2 heterocycles. The van der Waals surface area contributed by atoms with Crippen LogP contribution in [0, 0.1) is 0 Å². The second-order valence-corrected chi connectivity index (χ2v) is 6.90. The van der Waals surface area contributed by atoms with Crippen LogP contribution in [0.15, 0.2) is 63.1 Å². The van der Waals surface area contributed by atoms with Gasteiger partial charge in [-0.1, -0.05) is 0 Å². The molecule has 1 aromatic heterocycles. The number of nitrogens with zero attached hydrogens (tertiary/aromatic N) is 3. The Morgan fingerprint density at radius 3 is 2.32 bits per heavy atom. The molecule has 1 aliphatic heterocycles. The van der Waals surface area contributed by atoms with E-state index in [0.29, 0.717) is 30.3 Å². The number of benzene rings is 2. The van der Waals surface area contributed by atoms with E-state index in [-0.39, 0.29) is 5.56 Å². The zero-order valence-corrected chi connectivity index (χ0v) is 16.9. The second kappa shape index (κ2) is 8.88. The predicted octanol–water partition coefficient (Wildman–Crippen LogP) is 1.83. The van der Waals surface area contributed by atoms with Crippen LogP contribution in [0.2, 0.25) is 0 Å². The number of methoxy groups -OCH3 is 1. The molecule has 9 heteroatoms. The van der Waals surface area contributed by atoms with Gasteiger partial charge in [-0.3, -0.25) is 14.8 Å². The molecule has 0 bridgehead atoms. The van der Waals surface area contributed by atoms with Crippen molar-refractivity contribution in [2.75, 3.05) is 38.3 Å². The highest BCUT2D eigenvalue weighted by molar-refractivity contribution is 5.84. The molecule has 4 rings (SSSR count). The molecule has 0 unspecified atom stereocenters. The summed E-state index contributed by atoms with van der Waals surface area (Å²) in [4.78, 5) is 33.3. The first kappa shape index (κ1) is 20.4. The topological polar surface area (TPSA) is 109 Å². The van der Waals surface area contributed by atoms with E-state index in [1.807, 2.05) is 24.3 Å². The fourth-order valence-corrected chi connectivity index (χ4v) is 3.34. The predicted molar refractivity (Wildman–Crippen MR) is 118 cm³/mol. The van der Waals surface area contributed by atoms with Crippen LogP contribution < -0.4 is 20.9 Å². The van der Waals surface area contributed by atoms with Crippen LogP contribution in [-0.4, -0.2) is 54.3 Å².